The average molecular weight is 341 g/mol. The lowest BCUT2D eigenvalue weighted by atomic mass is 10.1. The van der Waals surface area contributed by atoms with Crippen LogP contribution in [0.5, 0.6) is 0 Å². The number of aliphatic hydroxyl groups is 3. The molecule has 0 saturated carbocycles. The zero-order valence-electron chi connectivity index (χ0n) is 14.5. The molecule has 0 amide bonds. The molecule has 7 nitrogen and oxygen atoms in total. The molecule has 2 rings (SSSR count). The van der Waals surface area contributed by atoms with E-state index >= 15 is 0 Å². The fourth-order valence-electron chi connectivity index (χ4n) is 3.09. The Morgan fingerprint density at radius 2 is 1.71 bits per heavy atom. The van der Waals surface area contributed by atoms with Gasteiger partial charge in [0.25, 0.3) is 0 Å². The Labute approximate surface area is 143 Å². The number of aryl methyl sites for hydroxylation is 1. The summed E-state index contributed by atoms with van der Waals surface area (Å²) >= 11 is 0. The van der Waals surface area contributed by atoms with Gasteiger partial charge >= 0.3 is 0 Å². The Bertz CT molecular complexity index is 468. The molecular weight excluding hydrogens is 310 g/mol. The predicted octanol–water partition coefficient (Wildman–Crippen LogP) is 1.57. The van der Waals surface area contributed by atoms with Crippen molar-refractivity contribution in [1.29, 1.82) is 0 Å². The number of ether oxygens (including phenoxy) is 1. The van der Waals surface area contributed by atoms with E-state index in [0.29, 0.717) is 0 Å². The van der Waals surface area contributed by atoms with Crippen molar-refractivity contribution in [2.75, 3.05) is 6.61 Å². The quantitative estimate of drug-likeness (QED) is 0.528. The summed E-state index contributed by atoms with van der Waals surface area (Å²) in [5.41, 5.74) is 0.860. The van der Waals surface area contributed by atoms with E-state index in [4.69, 9.17) is 9.84 Å². The van der Waals surface area contributed by atoms with Crippen molar-refractivity contribution in [2.24, 2.45) is 0 Å². The summed E-state index contributed by atoms with van der Waals surface area (Å²) in [4.78, 5) is 0. The zero-order chi connectivity index (χ0) is 17.4. The molecule has 1 saturated heterocycles. The number of hydrogen-bond donors (Lipinski definition) is 3. The minimum absolute atomic E-state index is 0.339. The van der Waals surface area contributed by atoms with E-state index < -0.39 is 24.5 Å². The van der Waals surface area contributed by atoms with Gasteiger partial charge in [0, 0.05) is 0 Å². The standard InChI is InChI=1S/C17H31N3O4/c1-2-3-4-5-6-7-8-9-10-13-11-20(19-18-13)17-16(23)15(22)14(12-21)24-17/h11,14-17,21-23H,2-10,12H2,1H3/t14-,15-,16+,17-/m1/s1. The van der Waals surface area contributed by atoms with E-state index in [2.05, 4.69) is 17.2 Å². The van der Waals surface area contributed by atoms with Crippen molar-refractivity contribution >= 4 is 0 Å². The molecule has 7 heteroatoms. The third kappa shape index (κ3) is 5.24. The number of unbranched alkanes of at least 4 members (excludes halogenated alkanes) is 7. The van der Waals surface area contributed by atoms with Crippen molar-refractivity contribution in [2.45, 2.75) is 89.3 Å². The molecule has 1 aliphatic rings. The monoisotopic (exact) mass is 341 g/mol. The van der Waals surface area contributed by atoms with Gasteiger partial charge in [0.15, 0.2) is 6.23 Å². The number of hydrogen-bond acceptors (Lipinski definition) is 6. The summed E-state index contributed by atoms with van der Waals surface area (Å²) in [6.45, 7) is 1.89. The van der Waals surface area contributed by atoms with Crippen LogP contribution in [0.2, 0.25) is 0 Å². The highest BCUT2D eigenvalue weighted by Crippen LogP contribution is 2.28. The number of rotatable bonds is 11. The Hall–Kier alpha value is -1.02. The summed E-state index contributed by atoms with van der Waals surface area (Å²) in [5, 5.41) is 37.0. The van der Waals surface area contributed by atoms with Crippen molar-refractivity contribution < 1.29 is 20.1 Å². The lowest BCUT2D eigenvalue weighted by molar-refractivity contribution is -0.0594. The van der Waals surface area contributed by atoms with Crippen LogP contribution >= 0.6 is 0 Å². The molecule has 2 heterocycles. The molecule has 1 aliphatic heterocycles. The summed E-state index contributed by atoms with van der Waals surface area (Å²) in [6, 6.07) is 0. The summed E-state index contributed by atoms with van der Waals surface area (Å²) in [6.07, 6.45) is 8.91. The molecule has 3 N–H and O–H groups in total. The van der Waals surface area contributed by atoms with E-state index in [1.165, 1.54) is 49.6 Å². The van der Waals surface area contributed by atoms with E-state index in [9.17, 15) is 10.2 Å². The normalized spacial score (nSPS) is 27.0. The highest BCUT2D eigenvalue weighted by molar-refractivity contribution is 4.96. The van der Waals surface area contributed by atoms with E-state index in [1.807, 2.05) is 0 Å². The van der Waals surface area contributed by atoms with Crippen LogP contribution in [0, 0.1) is 0 Å². The molecular formula is C17H31N3O4. The summed E-state index contributed by atoms with van der Waals surface area (Å²) < 4.78 is 6.87. The van der Waals surface area contributed by atoms with E-state index in [0.717, 1.165) is 18.5 Å². The molecule has 138 valence electrons. The van der Waals surface area contributed by atoms with Gasteiger partial charge < -0.3 is 20.1 Å². The highest BCUT2D eigenvalue weighted by atomic mass is 16.6. The second-order valence-electron chi connectivity index (χ2n) is 6.64. The van der Waals surface area contributed by atoms with Crippen LogP contribution in [0.3, 0.4) is 0 Å². The van der Waals surface area contributed by atoms with Gasteiger partial charge in [-0.3, -0.25) is 0 Å². The fraction of sp³-hybridized carbons (Fsp3) is 0.882. The van der Waals surface area contributed by atoms with Crippen LogP contribution in [0.15, 0.2) is 6.20 Å². The van der Waals surface area contributed by atoms with Gasteiger partial charge in [-0.15, -0.1) is 5.10 Å². The first-order valence-corrected chi connectivity index (χ1v) is 9.20. The van der Waals surface area contributed by atoms with Gasteiger partial charge in [0.2, 0.25) is 0 Å². The first kappa shape index (κ1) is 19.3. The molecule has 0 radical (unpaired) electrons. The highest BCUT2D eigenvalue weighted by Gasteiger charge is 2.43. The van der Waals surface area contributed by atoms with E-state index in [1.54, 1.807) is 6.20 Å². The second kappa shape index (κ2) is 10.1. The van der Waals surface area contributed by atoms with Crippen LogP contribution in [0.4, 0.5) is 0 Å². The molecule has 0 aromatic carbocycles. The lowest BCUT2D eigenvalue weighted by Crippen LogP contribution is -2.33. The Morgan fingerprint density at radius 1 is 1.04 bits per heavy atom. The molecule has 0 bridgehead atoms. The van der Waals surface area contributed by atoms with Crippen molar-refractivity contribution in [3.63, 3.8) is 0 Å². The first-order valence-electron chi connectivity index (χ1n) is 9.20. The number of aromatic nitrogens is 3. The second-order valence-corrected chi connectivity index (χ2v) is 6.64. The topological polar surface area (TPSA) is 101 Å². The molecule has 0 spiro atoms. The molecule has 4 atom stereocenters. The van der Waals surface area contributed by atoms with Crippen molar-refractivity contribution in [3.05, 3.63) is 11.9 Å². The number of aliphatic hydroxyl groups excluding tert-OH is 3. The molecule has 1 aromatic rings. The predicted molar refractivity (Wildman–Crippen MR) is 89.3 cm³/mol. The Balaban J connectivity index is 1.68. The van der Waals surface area contributed by atoms with Gasteiger partial charge in [0.05, 0.1) is 18.5 Å². The minimum atomic E-state index is -1.11. The van der Waals surface area contributed by atoms with Crippen LogP contribution in [-0.4, -0.2) is 55.2 Å². The molecule has 0 aliphatic carbocycles. The maximum absolute atomic E-state index is 9.98. The smallest absolute Gasteiger partial charge is 0.180 e. The SMILES string of the molecule is CCCCCCCCCCc1cn([C@@H]2O[C@H](CO)[C@@H](O)[C@@H]2O)nn1. The molecule has 24 heavy (non-hydrogen) atoms. The van der Waals surface area contributed by atoms with Gasteiger partial charge in [0.1, 0.15) is 18.3 Å². The summed E-state index contributed by atoms with van der Waals surface area (Å²) in [5.74, 6) is 0. The van der Waals surface area contributed by atoms with Crippen LogP contribution in [0.25, 0.3) is 0 Å². The van der Waals surface area contributed by atoms with Crippen molar-refractivity contribution in [3.8, 4) is 0 Å². The largest absolute Gasteiger partial charge is 0.394 e. The fourth-order valence-corrected chi connectivity index (χ4v) is 3.09. The Kier molecular flexibility index (Phi) is 8.11. The average Bonchev–Trinajstić information content (AvgIpc) is 3.16. The first-order chi connectivity index (χ1) is 11.7. The van der Waals surface area contributed by atoms with Gasteiger partial charge in [-0.25, -0.2) is 4.68 Å². The third-order valence-electron chi connectivity index (χ3n) is 4.62. The van der Waals surface area contributed by atoms with Gasteiger partial charge in [-0.05, 0) is 12.8 Å². The van der Waals surface area contributed by atoms with Gasteiger partial charge in [-0.1, -0.05) is 57.1 Å². The summed E-state index contributed by atoms with van der Waals surface area (Å²) in [7, 11) is 0. The van der Waals surface area contributed by atoms with Crippen LogP contribution in [-0.2, 0) is 11.2 Å². The van der Waals surface area contributed by atoms with Gasteiger partial charge in [-0.2, -0.15) is 0 Å². The molecule has 1 aromatic heterocycles. The molecule has 0 unspecified atom stereocenters. The third-order valence-corrected chi connectivity index (χ3v) is 4.62. The Morgan fingerprint density at radius 3 is 2.33 bits per heavy atom. The van der Waals surface area contributed by atoms with Crippen molar-refractivity contribution in [1.82, 2.24) is 15.0 Å². The van der Waals surface area contributed by atoms with E-state index in [-0.39, 0.29) is 6.61 Å². The minimum Gasteiger partial charge on any atom is -0.394 e. The van der Waals surface area contributed by atoms with Crippen LogP contribution < -0.4 is 0 Å². The maximum Gasteiger partial charge on any atom is 0.180 e. The lowest BCUT2D eigenvalue weighted by Gasteiger charge is -2.13. The van der Waals surface area contributed by atoms with Crippen LogP contribution in [0.1, 0.15) is 70.2 Å². The maximum atomic E-state index is 9.98. The zero-order valence-corrected chi connectivity index (χ0v) is 14.5. The molecule has 1 fully saturated rings. The number of nitrogens with zero attached hydrogens (tertiary/aromatic N) is 3.